The molecule has 0 aromatic rings. The summed E-state index contributed by atoms with van der Waals surface area (Å²) in [5.74, 6) is 0.0859. The van der Waals surface area contributed by atoms with E-state index in [0.29, 0.717) is 6.61 Å². The van der Waals surface area contributed by atoms with E-state index in [1.54, 1.807) is 0 Å². The van der Waals surface area contributed by atoms with Crippen molar-refractivity contribution in [1.82, 2.24) is 4.90 Å². The highest BCUT2D eigenvalue weighted by Crippen LogP contribution is 2.02. The zero-order valence-electron chi connectivity index (χ0n) is 9.25. The van der Waals surface area contributed by atoms with E-state index >= 15 is 0 Å². The first-order valence-electron chi connectivity index (χ1n) is 5.06. The lowest BCUT2D eigenvalue weighted by Crippen LogP contribution is -2.40. The third-order valence-electron chi connectivity index (χ3n) is 1.91. The number of hydrogen-bond donors (Lipinski definition) is 0. The molecule has 0 spiro atoms. The van der Waals surface area contributed by atoms with Crippen LogP contribution in [0.4, 0.5) is 0 Å². The van der Waals surface area contributed by atoms with Crippen LogP contribution in [-0.2, 0) is 9.53 Å². The highest BCUT2D eigenvalue weighted by atomic mass is 79.9. The number of ether oxygens (including phenoxy) is 1. The zero-order valence-corrected chi connectivity index (χ0v) is 10.8. The average Bonchev–Trinajstić information content (AvgIpc) is 2.14. The summed E-state index contributed by atoms with van der Waals surface area (Å²) in [6, 6.07) is 0.252. The van der Waals surface area contributed by atoms with Gasteiger partial charge >= 0.3 is 0 Å². The molecule has 14 heavy (non-hydrogen) atoms. The first-order valence-corrected chi connectivity index (χ1v) is 6.18. The number of halogens is 1. The third kappa shape index (κ3) is 5.60. The van der Waals surface area contributed by atoms with Gasteiger partial charge < -0.3 is 9.64 Å². The second-order valence-electron chi connectivity index (χ2n) is 3.36. The number of amides is 1. The summed E-state index contributed by atoms with van der Waals surface area (Å²) in [5.41, 5.74) is 0. The minimum absolute atomic E-state index is 0.0859. The molecule has 1 amide bonds. The zero-order chi connectivity index (χ0) is 11.0. The molecule has 0 aliphatic carbocycles. The van der Waals surface area contributed by atoms with Gasteiger partial charge in [0.15, 0.2) is 0 Å². The van der Waals surface area contributed by atoms with E-state index in [0.717, 1.165) is 18.3 Å². The van der Waals surface area contributed by atoms with Gasteiger partial charge in [-0.05, 0) is 27.2 Å². The molecule has 0 bridgehead atoms. The molecular weight excluding hydrogens is 246 g/mol. The van der Waals surface area contributed by atoms with Gasteiger partial charge in [-0.25, -0.2) is 0 Å². The van der Waals surface area contributed by atoms with Crippen LogP contribution in [0.5, 0.6) is 0 Å². The second kappa shape index (κ2) is 8.24. The molecule has 0 N–H and O–H groups in total. The van der Waals surface area contributed by atoms with Gasteiger partial charge in [0.05, 0.1) is 0 Å². The lowest BCUT2D eigenvalue weighted by atomic mass is 10.3. The van der Waals surface area contributed by atoms with Crippen molar-refractivity contribution < 1.29 is 9.53 Å². The molecule has 3 nitrogen and oxygen atoms in total. The van der Waals surface area contributed by atoms with Crippen molar-refractivity contribution in [3.8, 4) is 0 Å². The molecule has 4 heteroatoms. The Hall–Kier alpha value is -0.0900. The largest absolute Gasteiger partial charge is 0.372 e. The number of nitrogens with zero attached hydrogens (tertiary/aromatic N) is 1. The predicted octanol–water partition coefficient (Wildman–Crippen LogP) is 2.04. The topological polar surface area (TPSA) is 29.5 Å². The van der Waals surface area contributed by atoms with E-state index in [9.17, 15) is 4.79 Å². The van der Waals surface area contributed by atoms with Gasteiger partial charge in [-0.3, -0.25) is 4.79 Å². The number of carbonyl (C=O) groups excluding carboxylic acids is 1. The van der Waals surface area contributed by atoms with Crippen molar-refractivity contribution >= 4 is 21.8 Å². The van der Waals surface area contributed by atoms with Gasteiger partial charge in [0.25, 0.3) is 0 Å². The Kier molecular flexibility index (Phi) is 8.18. The van der Waals surface area contributed by atoms with Crippen LogP contribution in [-0.4, -0.2) is 41.9 Å². The maximum Gasteiger partial charge on any atom is 0.248 e. The standard InChI is InChI=1S/C10H20BrNO2/c1-4-14-8-10(13)12(9(2)3)7-5-6-11/h9H,4-8H2,1-3H3. The summed E-state index contributed by atoms with van der Waals surface area (Å²) in [5, 5.41) is 0.929. The van der Waals surface area contributed by atoms with Crippen LogP contribution >= 0.6 is 15.9 Å². The second-order valence-corrected chi connectivity index (χ2v) is 4.15. The minimum Gasteiger partial charge on any atom is -0.372 e. The molecule has 0 aliphatic heterocycles. The van der Waals surface area contributed by atoms with Crippen molar-refractivity contribution in [2.24, 2.45) is 0 Å². The Morgan fingerprint density at radius 3 is 2.57 bits per heavy atom. The third-order valence-corrected chi connectivity index (χ3v) is 2.47. The van der Waals surface area contributed by atoms with Crippen LogP contribution in [0.1, 0.15) is 27.2 Å². The summed E-state index contributed by atoms with van der Waals surface area (Å²) in [6.45, 7) is 7.55. The van der Waals surface area contributed by atoms with Gasteiger partial charge in [-0.1, -0.05) is 15.9 Å². The highest BCUT2D eigenvalue weighted by Gasteiger charge is 2.15. The Morgan fingerprint density at radius 2 is 2.14 bits per heavy atom. The fourth-order valence-corrected chi connectivity index (χ4v) is 1.42. The molecule has 0 rings (SSSR count). The van der Waals surface area contributed by atoms with E-state index in [-0.39, 0.29) is 18.6 Å². The maximum atomic E-state index is 11.6. The van der Waals surface area contributed by atoms with E-state index in [2.05, 4.69) is 15.9 Å². The molecule has 0 saturated carbocycles. The fourth-order valence-electron chi connectivity index (χ4n) is 1.17. The number of alkyl halides is 1. The van der Waals surface area contributed by atoms with Crippen molar-refractivity contribution in [3.05, 3.63) is 0 Å². The quantitative estimate of drug-likeness (QED) is 0.660. The van der Waals surface area contributed by atoms with E-state index in [4.69, 9.17) is 4.74 Å². The van der Waals surface area contributed by atoms with Crippen LogP contribution in [0.15, 0.2) is 0 Å². The Labute approximate surface area is 94.9 Å². The summed E-state index contributed by atoms with van der Waals surface area (Å²) in [4.78, 5) is 13.5. The van der Waals surface area contributed by atoms with E-state index < -0.39 is 0 Å². The first-order chi connectivity index (χ1) is 6.63. The van der Waals surface area contributed by atoms with Crippen LogP contribution in [0, 0.1) is 0 Å². The average molecular weight is 266 g/mol. The molecular formula is C10H20BrNO2. The summed E-state index contributed by atoms with van der Waals surface area (Å²) < 4.78 is 5.10. The van der Waals surface area contributed by atoms with Crippen molar-refractivity contribution in [1.29, 1.82) is 0 Å². The Bertz CT molecular complexity index is 162. The van der Waals surface area contributed by atoms with Gasteiger partial charge in [0.1, 0.15) is 6.61 Å². The smallest absolute Gasteiger partial charge is 0.248 e. The van der Waals surface area contributed by atoms with Gasteiger partial charge in [0, 0.05) is 24.5 Å². The fraction of sp³-hybridized carbons (Fsp3) is 0.900. The molecule has 0 fully saturated rings. The molecule has 84 valence electrons. The van der Waals surface area contributed by atoms with Crippen molar-refractivity contribution in [3.63, 3.8) is 0 Å². The molecule has 0 atom stereocenters. The summed E-state index contributed by atoms with van der Waals surface area (Å²) in [7, 11) is 0. The Balaban J connectivity index is 3.98. The SMILES string of the molecule is CCOCC(=O)N(CCCBr)C(C)C. The van der Waals surface area contributed by atoms with Crippen LogP contribution < -0.4 is 0 Å². The molecule has 0 aliphatic rings. The van der Waals surface area contributed by atoms with Crippen LogP contribution in [0.3, 0.4) is 0 Å². The van der Waals surface area contributed by atoms with Gasteiger partial charge in [0.2, 0.25) is 5.91 Å². The van der Waals surface area contributed by atoms with Crippen molar-refractivity contribution in [2.75, 3.05) is 25.1 Å². The lowest BCUT2D eigenvalue weighted by molar-refractivity contribution is -0.137. The first kappa shape index (κ1) is 13.9. The Morgan fingerprint density at radius 1 is 1.50 bits per heavy atom. The van der Waals surface area contributed by atoms with Crippen LogP contribution in [0.2, 0.25) is 0 Å². The normalized spacial score (nSPS) is 10.6. The molecule has 0 saturated heterocycles. The summed E-state index contributed by atoms with van der Waals surface area (Å²) in [6.07, 6.45) is 0.982. The lowest BCUT2D eigenvalue weighted by Gasteiger charge is -2.26. The monoisotopic (exact) mass is 265 g/mol. The molecule has 0 radical (unpaired) electrons. The number of rotatable bonds is 7. The van der Waals surface area contributed by atoms with E-state index in [1.807, 2.05) is 25.7 Å². The number of hydrogen-bond acceptors (Lipinski definition) is 2. The highest BCUT2D eigenvalue weighted by molar-refractivity contribution is 9.09. The number of carbonyl (C=O) groups is 1. The predicted molar refractivity (Wildman–Crippen MR) is 61.8 cm³/mol. The molecule has 0 aromatic carbocycles. The molecule has 0 heterocycles. The summed E-state index contributed by atoms with van der Waals surface area (Å²) >= 11 is 3.36. The van der Waals surface area contributed by atoms with Gasteiger partial charge in [-0.15, -0.1) is 0 Å². The maximum absolute atomic E-state index is 11.6. The van der Waals surface area contributed by atoms with E-state index in [1.165, 1.54) is 0 Å². The van der Waals surface area contributed by atoms with Crippen LogP contribution in [0.25, 0.3) is 0 Å². The molecule has 0 aromatic heterocycles. The van der Waals surface area contributed by atoms with Crippen molar-refractivity contribution in [2.45, 2.75) is 33.2 Å². The van der Waals surface area contributed by atoms with Gasteiger partial charge in [-0.2, -0.15) is 0 Å². The minimum atomic E-state index is 0.0859. The molecule has 0 unspecified atom stereocenters.